The Morgan fingerprint density at radius 2 is 2.05 bits per heavy atom. The molecule has 0 saturated heterocycles. The van der Waals surface area contributed by atoms with Crippen molar-refractivity contribution in [1.29, 1.82) is 0 Å². The molecule has 3 heteroatoms. The number of hydrogen-bond donors (Lipinski definition) is 0. The zero-order chi connectivity index (χ0) is 15.4. The van der Waals surface area contributed by atoms with E-state index in [1.165, 1.54) is 36.8 Å². The van der Waals surface area contributed by atoms with Crippen LogP contribution in [0.5, 0.6) is 0 Å². The van der Waals surface area contributed by atoms with Gasteiger partial charge in [0.15, 0.2) is 0 Å². The largest absolute Gasteiger partial charge is 0.326 e. The Hall–Kier alpha value is -1.02. The minimum absolute atomic E-state index is 0.0551. The second kappa shape index (κ2) is 7.31. The van der Waals surface area contributed by atoms with Crippen molar-refractivity contribution in [1.82, 2.24) is 9.55 Å². The summed E-state index contributed by atoms with van der Waals surface area (Å²) in [6.45, 7) is 9.71. The van der Waals surface area contributed by atoms with Gasteiger partial charge in [-0.2, -0.15) is 0 Å². The molecule has 2 rings (SSSR count). The highest BCUT2D eigenvalue weighted by Gasteiger charge is 2.18. The Morgan fingerprint density at radius 1 is 1.29 bits per heavy atom. The van der Waals surface area contributed by atoms with Crippen molar-refractivity contribution in [3.8, 4) is 0 Å². The summed E-state index contributed by atoms with van der Waals surface area (Å²) in [6.07, 6.45) is 5.06. The average Bonchev–Trinajstić information content (AvgIpc) is 2.84. The maximum atomic E-state index is 6.38. The van der Waals surface area contributed by atoms with E-state index in [-0.39, 0.29) is 5.38 Å². The highest BCUT2D eigenvalue weighted by Crippen LogP contribution is 2.28. The van der Waals surface area contributed by atoms with E-state index in [1.54, 1.807) is 0 Å². The molecule has 0 bridgehead atoms. The molecule has 2 atom stereocenters. The maximum Gasteiger partial charge on any atom is 0.127 e. The van der Waals surface area contributed by atoms with Crippen molar-refractivity contribution in [3.05, 3.63) is 29.6 Å². The van der Waals surface area contributed by atoms with Crippen LogP contribution >= 0.6 is 11.6 Å². The fourth-order valence-electron chi connectivity index (χ4n) is 2.98. The third kappa shape index (κ3) is 3.60. The lowest BCUT2D eigenvalue weighted by molar-refractivity contribution is 0.389. The summed E-state index contributed by atoms with van der Waals surface area (Å²) in [5.41, 5.74) is 3.56. The molecule has 0 aliphatic heterocycles. The van der Waals surface area contributed by atoms with Gasteiger partial charge in [0.05, 0.1) is 16.4 Å². The van der Waals surface area contributed by atoms with Gasteiger partial charge in [0, 0.05) is 6.54 Å². The predicted molar refractivity (Wildman–Crippen MR) is 92.0 cm³/mol. The number of para-hydroxylation sites is 1. The summed E-state index contributed by atoms with van der Waals surface area (Å²) in [7, 11) is 0. The Balaban J connectivity index is 2.40. The third-order valence-corrected chi connectivity index (χ3v) is 4.55. The van der Waals surface area contributed by atoms with Crippen LogP contribution in [0.2, 0.25) is 0 Å². The summed E-state index contributed by atoms with van der Waals surface area (Å²) in [5, 5.41) is -0.0551. The van der Waals surface area contributed by atoms with E-state index in [2.05, 4.69) is 43.5 Å². The van der Waals surface area contributed by atoms with Gasteiger partial charge >= 0.3 is 0 Å². The highest BCUT2D eigenvalue weighted by atomic mass is 35.5. The number of unbranched alkanes of at least 4 members (excludes halogenated alkanes) is 1. The van der Waals surface area contributed by atoms with Crippen LogP contribution in [0.4, 0.5) is 0 Å². The summed E-state index contributed by atoms with van der Waals surface area (Å²) < 4.78 is 2.35. The van der Waals surface area contributed by atoms with Crippen molar-refractivity contribution in [2.24, 2.45) is 5.92 Å². The van der Waals surface area contributed by atoms with Crippen molar-refractivity contribution in [2.45, 2.75) is 65.3 Å². The molecular formula is C18H27ClN2. The van der Waals surface area contributed by atoms with Gasteiger partial charge in [0.2, 0.25) is 0 Å². The molecule has 0 saturated carbocycles. The first-order valence-electron chi connectivity index (χ1n) is 8.18. The molecule has 0 aliphatic rings. The Morgan fingerprint density at radius 3 is 2.67 bits per heavy atom. The predicted octanol–water partition coefficient (Wildman–Crippen LogP) is 5.86. The molecule has 2 unspecified atom stereocenters. The number of nitrogens with zero attached hydrogens (tertiary/aromatic N) is 2. The van der Waals surface area contributed by atoms with Crippen LogP contribution in [0.15, 0.2) is 18.2 Å². The lowest BCUT2D eigenvalue weighted by atomic mass is 9.99. The molecule has 0 radical (unpaired) electrons. The molecule has 116 valence electrons. The number of benzene rings is 1. The van der Waals surface area contributed by atoms with Crippen LogP contribution in [0.25, 0.3) is 11.0 Å². The van der Waals surface area contributed by atoms with Gasteiger partial charge < -0.3 is 4.57 Å². The minimum Gasteiger partial charge on any atom is -0.326 e. The van der Waals surface area contributed by atoms with Crippen LogP contribution in [0, 0.1) is 12.8 Å². The van der Waals surface area contributed by atoms with Gasteiger partial charge in [0.25, 0.3) is 0 Å². The lowest BCUT2D eigenvalue weighted by Crippen LogP contribution is -2.13. The molecule has 2 nitrogen and oxygen atoms in total. The maximum absolute atomic E-state index is 6.38. The molecule has 0 amide bonds. The molecule has 1 aromatic heterocycles. The molecule has 0 spiro atoms. The van der Waals surface area contributed by atoms with Crippen LogP contribution in [0.1, 0.15) is 63.2 Å². The van der Waals surface area contributed by atoms with Crippen LogP contribution in [0.3, 0.4) is 0 Å². The van der Waals surface area contributed by atoms with E-state index >= 15 is 0 Å². The second-order valence-electron chi connectivity index (χ2n) is 6.06. The Bertz CT molecular complexity index is 586. The van der Waals surface area contributed by atoms with Gasteiger partial charge in [-0.1, -0.05) is 45.2 Å². The molecule has 0 N–H and O–H groups in total. The number of imidazole rings is 1. The number of rotatable bonds is 7. The fraction of sp³-hybridized carbons (Fsp3) is 0.611. The molecule has 21 heavy (non-hydrogen) atoms. The summed E-state index contributed by atoms with van der Waals surface area (Å²) >= 11 is 6.38. The van der Waals surface area contributed by atoms with Crippen LogP contribution in [-0.2, 0) is 6.54 Å². The number of fused-ring (bicyclic) bond motifs is 1. The minimum atomic E-state index is -0.0551. The summed E-state index contributed by atoms with van der Waals surface area (Å²) in [6, 6.07) is 6.41. The number of hydrogen-bond acceptors (Lipinski definition) is 1. The highest BCUT2D eigenvalue weighted by molar-refractivity contribution is 6.20. The number of aromatic nitrogens is 2. The first kappa shape index (κ1) is 16.4. The van der Waals surface area contributed by atoms with Gasteiger partial charge in [-0.3, -0.25) is 0 Å². The van der Waals surface area contributed by atoms with Crippen molar-refractivity contribution < 1.29 is 0 Å². The third-order valence-electron chi connectivity index (χ3n) is 4.35. The van der Waals surface area contributed by atoms with Crippen molar-refractivity contribution in [2.75, 3.05) is 0 Å². The topological polar surface area (TPSA) is 17.8 Å². The molecule has 1 aromatic carbocycles. The Kier molecular flexibility index (Phi) is 5.69. The standard InChI is InChI=1S/C18H27ClN2/c1-5-7-10-15(6-2)12-21-16-11-8-9-13(3)17(16)20-18(21)14(4)19/h8-9,11,14-15H,5-7,10,12H2,1-4H3. The smallest absolute Gasteiger partial charge is 0.127 e. The molecule has 0 aliphatic carbocycles. The quantitative estimate of drug-likeness (QED) is 0.586. The van der Waals surface area contributed by atoms with Gasteiger partial charge in [0.1, 0.15) is 5.82 Å². The van der Waals surface area contributed by atoms with Crippen LogP contribution in [-0.4, -0.2) is 9.55 Å². The molecule has 1 heterocycles. The Labute approximate surface area is 133 Å². The van der Waals surface area contributed by atoms with Gasteiger partial charge in [-0.05, 0) is 37.8 Å². The summed E-state index contributed by atoms with van der Waals surface area (Å²) in [5.74, 6) is 1.72. The van der Waals surface area contributed by atoms with Crippen LogP contribution < -0.4 is 0 Å². The molecule has 0 fully saturated rings. The first-order valence-corrected chi connectivity index (χ1v) is 8.61. The number of alkyl halides is 1. The van der Waals surface area contributed by atoms with E-state index in [0.29, 0.717) is 5.92 Å². The van der Waals surface area contributed by atoms with E-state index in [4.69, 9.17) is 16.6 Å². The average molecular weight is 307 g/mol. The van der Waals surface area contributed by atoms with Crippen molar-refractivity contribution in [3.63, 3.8) is 0 Å². The molecular weight excluding hydrogens is 280 g/mol. The van der Waals surface area contributed by atoms with Gasteiger partial charge in [-0.25, -0.2) is 4.98 Å². The van der Waals surface area contributed by atoms with Gasteiger partial charge in [-0.15, -0.1) is 11.6 Å². The number of halogens is 1. The SMILES string of the molecule is CCCCC(CC)Cn1c(C(C)Cl)nc2c(C)cccc21. The first-order chi connectivity index (χ1) is 10.1. The van der Waals surface area contributed by atoms with E-state index in [0.717, 1.165) is 17.9 Å². The molecule has 2 aromatic rings. The second-order valence-corrected chi connectivity index (χ2v) is 6.71. The summed E-state index contributed by atoms with van der Waals surface area (Å²) in [4.78, 5) is 4.81. The monoisotopic (exact) mass is 306 g/mol. The number of aryl methyl sites for hydroxylation is 1. The zero-order valence-electron chi connectivity index (χ0n) is 13.7. The fourth-order valence-corrected chi connectivity index (χ4v) is 3.14. The lowest BCUT2D eigenvalue weighted by Gasteiger charge is -2.18. The van der Waals surface area contributed by atoms with E-state index in [1.807, 2.05) is 6.92 Å². The normalized spacial score (nSPS) is 14.5. The zero-order valence-corrected chi connectivity index (χ0v) is 14.5. The van der Waals surface area contributed by atoms with Crippen molar-refractivity contribution >= 4 is 22.6 Å². The van der Waals surface area contributed by atoms with E-state index in [9.17, 15) is 0 Å². The van der Waals surface area contributed by atoms with E-state index < -0.39 is 0 Å².